The Hall–Kier alpha value is -3.04. The first-order valence-electron chi connectivity index (χ1n) is 11.6. The highest BCUT2D eigenvalue weighted by Crippen LogP contribution is 2.39. The van der Waals surface area contributed by atoms with Crippen molar-refractivity contribution in [1.29, 1.82) is 0 Å². The topological polar surface area (TPSA) is 96.6 Å². The smallest absolute Gasteiger partial charge is 0.243 e. The molecule has 1 aliphatic carbocycles. The predicted octanol–water partition coefficient (Wildman–Crippen LogP) is 3.99. The molecule has 178 valence electrons. The molecule has 0 atom stereocenters. The highest BCUT2D eigenvalue weighted by molar-refractivity contribution is 7.89. The SMILES string of the molecule is Cc1ccc(N(C)C(=O)C2CCN(S(=O)(=O)c3ccc(-c4noc(C5CC5)n4)cc3)CC2)cc1. The van der Waals surface area contributed by atoms with Gasteiger partial charge >= 0.3 is 0 Å². The van der Waals surface area contributed by atoms with Crippen LogP contribution in [0, 0.1) is 12.8 Å². The van der Waals surface area contributed by atoms with Crippen LogP contribution in [-0.2, 0) is 14.8 Å². The molecule has 1 saturated carbocycles. The van der Waals surface area contributed by atoms with E-state index in [2.05, 4.69) is 10.1 Å². The van der Waals surface area contributed by atoms with Crippen LogP contribution in [0.4, 0.5) is 5.69 Å². The van der Waals surface area contributed by atoms with E-state index in [1.54, 1.807) is 36.2 Å². The fourth-order valence-corrected chi connectivity index (χ4v) is 5.76. The van der Waals surface area contributed by atoms with Crippen molar-refractivity contribution in [1.82, 2.24) is 14.4 Å². The largest absolute Gasteiger partial charge is 0.339 e. The van der Waals surface area contributed by atoms with Crippen LogP contribution >= 0.6 is 0 Å². The van der Waals surface area contributed by atoms with Crippen LogP contribution in [0.2, 0.25) is 0 Å². The molecule has 2 heterocycles. The maximum absolute atomic E-state index is 13.2. The molecule has 0 unspecified atom stereocenters. The Balaban J connectivity index is 1.22. The summed E-state index contributed by atoms with van der Waals surface area (Å²) in [5.74, 6) is 1.32. The number of aryl methyl sites for hydroxylation is 1. The van der Waals surface area contributed by atoms with E-state index in [1.165, 1.54) is 4.31 Å². The number of carbonyl (C=O) groups is 1. The van der Waals surface area contributed by atoms with Crippen molar-refractivity contribution in [2.24, 2.45) is 5.92 Å². The normalized spacial score (nSPS) is 17.6. The number of hydrogen-bond acceptors (Lipinski definition) is 6. The Morgan fingerprint density at radius 2 is 1.65 bits per heavy atom. The molecule has 0 N–H and O–H groups in total. The first-order chi connectivity index (χ1) is 16.3. The zero-order valence-corrected chi connectivity index (χ0v) is 20.2. The summed E-state index contributed by atoms with van der Waals surface area (Å²) >= 11 is 0. The maximum atomic E-state index is 13.2. The standard InChI is InChI=1S/C25H28N4O4S/c1-17-3-9-21(10-4-17)28(2)25(30)20-13-15-29(16-14-20)34(31,32)22-11-7-18(8-12-22)23-26-24(33-27-23)19-5-6-19/h3-4,7-12,19-20H,5-6,13-16H2,1-2H3. The average molecular weight is 481 g/mol. The monoisotopic (exact) mass is 480 g/mol. The van der Waals surface area contributed by atoms with Crippen LogP contribution in [0.1, 0.15) is 43.1 Å². The number of anilines is 1. The van der Waals surface area contributed by atoms with Crippen molar-refractivity contribution >= 4 is 21.6 Å². The lowest BCUT2D eigenvalue weighted by molar-refractivity contribution is -0.123. The van der Waals surface area contributed by atoms with Gasteiger partial charge in [0.15, 0.2) is 0 Å². The molecule has 0 bridgehead atoms. The summed E-state index contributed by atoms with van der Waals surface area (Å²) in [6.45, 7) is 2.64. The zero-order chi connectivity index (χ0) is 23.9. The Bertz CT molecular complexity index is 1270. The average Bonchev–Trinajstić information content (AvgIpc) is 3.60. The second-order valence-electron chi connectivity index (χ2n) is 9.17. The molecule has 2 aromatic carbocycles. The fraction of sp³-hybridized carbons (Fsp3) is 0.400. The molecule has 0 radical (unpaired) electrons. The summed E-state index contributed by atoms with van der Waals surface area (Å²) in [6, 6.07) is 14.4. The van der Waals surface area contributed by atoms with Gasteiger partial charge in [-0.1, -0.05) is 22.9 Å². The van der Waals surface area contributed by atoms with Crippen molar-refractivity contribution in [3.05, 3.63) is 60.0 Å². The molecule has 1 aromatic heterocycles. The quantitative estimate of drug-likeness (QED) is 0.529. The van der Waals surface area contributed by atoms with Gasteiger partial charge in [0.1, 0.15) is 0 Å². The van der Waals surface area contributed by atoms with Gasteiger partial charge < -0.3 is 9.42 Å². The molecular formula is C25H28N4O4S. The lowest BCUT2D eigenvalue weighted by atomic mass is 9.96. The van der Waals surface area contributed by atoms with Gasteiger partial charge in [-0.2, -0.15) is 9.29 Å². The highest BCUT2D eigenvalue weighted by atomic mass is 32.2. The minimum Gasteiger partial charge on any atom is -0.339 e. The lowest BCUT2D eigenvalue weighted by Gasteiger charge is -2.32. The third-order valence-corrected chi connectivity index (χ3v) is 8.59. The van der Waals surface area contributed by atoms with E-state index in [4.69, 9.17) is 4.52 Å². The number of benzene rings is 2. The van der Waals surface area contributed by atoms with Crippen LogP contribution in [0.25, 0.3) is 11.4 Å². The van der Waals surface area contributed by atoms with Crippen LogP contribution < -0.4 is 4.90 Å². The molecule has 1 amide bonds. The van der Waals surface area contributed by atoms with Gasteiger partial charge in [0.25, 0.3) is 0 Å². The fourth-order valence-electron chi connectivity index (χ4n) is 4.29. The molecule has 1 saturated heterocycles. The molecule has 3 aromatic rings. The van der Waals surface area contributed by atoms with E-state index in [-0.39, 0.29) is 16.7 Å². The predicted molar refractivity (Wildman–Crippen MR) is 128 cm³/mol. The van der Waals surface area contributed by atoms with E-state index in [9.17, 15) is 13.2 Å². The van der Waals surface area contributed by atoms with Gasteiger partial charge in [0, 0.05) is 43.2 Å². The van der Waals surface area contributed by atoms with E-state index < -0.39 is 10.0 Å². The Kier molecular flexibility index (Phi) is 5.99. The molecule has 8 nitrogen and oxygen atoms in total. The van der Waals surface area contributed by atoms with Crippen LogP contribution in [0.5, 0.6) is 0 Å². The molecule has 2 fully saturated rings. The van der Waals surface area contributed by atoms with Gasteiger partial charge in [0.2, 0.25) is 27.6 Å². The van der Waals surface area contributed by atoms with E-state index in [0.717, 1.165) is 29.7 Å². The van der Waals surface area contributed by atoms with Crippen LogP contribution in [-0.4, -0.2) is 48.9 Å². The van der Waals surface area contributed by atoms with Gasteiger partial charge in [-0.25, -0.2) is 8.42 Å². The second-order valence-corrected chi connectivity index (χ2v) is 11.1. The summed E-state index contributed by atoms with van der Waals surface area (Å²) in [5, 5.41) is 4.01. The van der Waals surface area contributed by atoms with Crippen LogP contribution in [0.15, 0.2) is 57.9 Å². The van der Waals surface area contributed by atoms with Crippen molar-refractivity contribution in [2.45, 2.75) is 43.4 Å². The highest BCUT2D eigenvalue weighted by Gasteiger charge is 2.34. The van der Waals surface area contributed by atoms with E-state index in [0.29, 0.717) is 43.6 Å². The third kappa shape index (κ3) is 4.50. The Morgan fingerprint density at radius 1 is 1.00 bits per heavy atom. The summed E-state index contributed by atoms with van der Waals surface area (Å²) < 4.78 is 33.1. The molecule has 0 spiro atoms. The number of carbonyl (C=O) groups excluding carboxylic acids is 1. The first-order valence-corrected chi connectivity index (χ1v) is 13.1. The molecule has 1 aliphatic heterocycles. The van der Waals surface area contributed by atoms with Crippen molar-refractivity contribution in [3.8, 4) is 11.4 Å². The maximum Gasteiger partial charge on any atom is 0.243 e. The van der Waals surface area contributed by atoms with Crippen molar-refractivity contribution in [2.75, 3.05) is 25.0 Å². The number of hydrogen-bond donors (Lipinski definition) is 0. The number of aromatic nitrogens is 2. The van der Waals surface area contributed by atoms with Crippen molar-refractivity contribution < 1.29 is 17.7 Å². The van der Waals surface area contributed by atoms with E-state index >= 15 is 0 Å². The van der Waals surface area contributed by atoms with Gasteiger partial charge in [-0.05, 0) is 69.0 Å². The summed E-state index contributed by atoms with van der Waals surface area (Å²) in [7, 11) is -1.87. The van der Waals surface area contributed by atoms with Crippen molar-refractivity contribution in [3.63, 3.8) is 0 Å². The Morgan fingerprint density at radius 3 is 2.26 bits per heavy atom. The second kappa shape index (κ2) is 8.96. The summed E-state index contributed by atoms with van der Waals surface area (Å²) in [6.07, 6.45) is 3.14. The van der Waals surface area contributed by atoms with Crippen LogP contribution in [0.3, 0.4) is 0 Å². The number of rotatable bonds is 6. The van der Waals surface area contributed by atoms with Gasteiger partial charge in [-0.15, -0.1) is 0 Å². The minimum absolute atomic E-state index is 0.0240. The van der Waals surface area contributed by atoms with Gasteiger partial charge in [0.05, 0.1) is 4.90 Å². The number of piperidine rings is 1. The molecule has 34 heavy (non-hydrogen) atoms. The first kappa shape index (κ1) is 22.7. The minimum atomic E-state index is -3.64. The summed E-state index contributed by atoms with van der Waals surface area (Å²) in [4.78, 5) is 19.3. The number of nitrogens with zero attached hydrogens (tertiary/aromatic N) is 4. The third-order valence-electron chi connectivity index (χ3n) is 6.67. The van der Waals surface area contributed by atoms with Gasteiger partial charge in [-0.3, -0.25) is 4.79 Å². The zero-order valence-electron chi connectivity index (χ0n) is 19.3. The number of amides is 1. The molecule has 5 rings (SSSR count). The number of sulfonamides is 1. The summed E-state index contributed by atoms with van der Waals surface area (Å²) in [5.41, 5.74) is 2.70. The molecular weight excluding hydrogens is 452 g/mol. The van der Waals surface area contributed by atoms with E-state index in [1.807, 2.05) is 31.2 Å². The molecule has 2 aliphatic rings. The lowest BCUT2D eigenvalue weighted by Crippen LogP contribution is -2.43. The Labute approximate surface area is 199 Å². The molecule has 9 heteroatoms.